The third-order valence-corrected chi connectivity index (χ3v) is 5.10. The number of Topliss-reactive ketones (excluding diaryl/α,β-unsaturated/α-hetero) is 1. The quantitative estimate of drug-likeness (QED) is 0.521. The van der Waals surface area contributed by atoms with E-state index in [0.717, 1.165) is 5.56 Å². The standard InChI is InChI=1S/C19H19N5O2S/c1-12(25)14-6-8-16(9-7-14)21-18(26)13(2)27-19-23-22-17(24(19)3)15-5-4-10-20-11-15/h4-11,13H,1-3H3,(H,21,26)/t13-/m1/s1. The minimum absolute atomic E-state index is 0.0106. The first-order chi connectivity index (χ1) is 13.0. The first-order valence-electron chi connectivity index (χ1n) is 8.34. The average Bonchev–Trinajstić information content (AvgIpc) is 3.03. The predicted molar refractivity (Wildman–Crippen MR) is 105 cm³/mol. The number of benzene rings is 1. The average molecular weight is 381 g/mol. The molecule has 0 bridgehead atoms. The molecule has 7 nitrogen and oxygen atoms in total. The molecule has 138 valence electrons. The van der Waals surface area contributed by atoms with E-state index in [2.05, 4.69) is 20.5 Å². The van der Waals surface area contributed by atoms with Gasteiger partial charge in [-0.25, -0.2) is 0 Å². The lowest BCUT2D eigenvalue weighted by molar-refractivity contribution is -0.115. The molecular formula is C19H19N5O2S. The number of hydrogen-bond donors (Lipinski definition) is 1. The highest BCUT2D eigenvalue weighted by Crippen LogP contribution is 2.26. The molecule has 0 radical (unpaired) electrons. The van der Waals surface area contributed by atoms with Crippen LogP contribution in [-0.4, -0.2) is 36.7 Å². The van der Waals surface area contributed by atoms with Gasteiger partial charge in [0.05, 0.1) is 5.25 Å². The number of amides is 1. The number of hydrogen-bond acceptors (Lipinski definition) is 6. The van der Waals surface area contributed by atoms with E-state index in [-0.39, 0.29) is 16.9 Å². The van der Waals surface area contributed by atoms with Gasteiger partial charge in [0, 0.05) is 36.3 Å². The summed E-state index contributed by atoms with van der Waals surface area (Å²) in [5.74, 6) is 0.531. The molecular weight excluding hydrogens is 362 g/mol. The van der Waals surface area contributed by atoms with Gasteiger partial charge in [-0.15, -0.1) is 10.2 Å². The molecule has 0 unspecified atom stereocenters. The molecule has 0 saturated heterocycles. The number of carbonyl (C=O) groups excluding carboxylic acids is 2. The number of nitrogens with one attached hydrogen (secondary N) is 1. The first-order valence-corrected chi connectivity index (χ1v) is 9.22. The number of ketones is 1. The van der Waals surface area contributed by atoms with Crippen LogP contribution in [0.5, 0.6) is 0 Å². The van der Waals surface area contributed by atoms with Crippen molar-refractivity contribution in [2.75, 3.05) is 5.32 Å². The minimum Gasteiger partial charge on any atom is -0.325 e. The van der Waals surface area contributed by atoms with Crippen molar-refractivity contribution < 1.29 is 9.59 Å². The molecule has 0 fully saturated rings. The maximum Gasteiger partial charge on any atom is 0.237 e. The minimum atomic E-state index is -0.373. The summed E-state index contributed by atoms with van der Waals surface area (Å²) < 4.78 is 1.84. The van der Waals surface area contributed by atoms with E-state index in [1.54, 1.807) is 36.7 Å². The Morgan fingerprint density at radius 1 is 1.15 bits per heavy atom. The molecule has 0 aliphatic rings. The maximum atomic E-state index is 12.5. The fourth-order valence-electron chi connectivity index (χ4n) is 2.41. The Balaban J connectivity index is 1.66. The van der Waals surface area contributed by atoms with Gasteiger partial charge in [-0.3, -0.25) is 14.6 Å². The van der Waals surface area contributed by atoms with Gasteiger partial charge in [0.25, 0.3) is 0 Å². The summed E-state index contributed by atoms with van der Waals surface area (Å²) in [4.78, 5) is 27.9. The van der Waals surface area contributed by atoms with Crippen LogP contribution in [0.3, 0.4) is 0 Å². The molecule has 27 heavy (non-hydrogen) atoms. The Bertz CT molecular complexity index is 954. The zero-order valence-corrected chi connectivity index (χ0v) is 16.0. The lowest BCUT2D eigenvalue weighted by Crippen LogP contribution is -2.22. The maximum absolute atomic E-state index is 12.5. The lowest BCUT2D eigenvalue weighted by Gasteiger charge is -2.12. The van der Waals surface area contributed by atoms with Crippen LogP contribution in [0.4, 0.5) is 5.69 Å². The van der Waals surface area contributed by atoms with Gasteiger partial charge >= 0.3 is 0 Å². The molecule has 0 spiro atoms. The van der Waals surface area contributed by atoms with Crippen LogP contribution in [0.2, 0.25) is 0 Å². The van der Waals surface area contributed by atoms with Crippen LogP contribution in [0.25, 0.3) is 11.4 Å². The van der Waals surface area contributed by atoms with Crippen LogP contribution in [0.1, 0.15) is 24.2 Å². The molecule has 2 heterocycles. The van der Waals surface area contributed by atoms with Gasteiger partial charge in [0.2, 0.25) is 5.91 Å². The van der Waals surface area contributed by atoms with Gasteiger partial charge in [0.15, 0.2) is 16.8 Å². The third-order valence-electron chi connectivity index (χ3n) is 3.97. The molecule has 2 aromatic heterocycles. The van der Waals surface area contributed by atoms with Crippen molar-refractivity contribution >= 4 is 29.1 Å². The van der Waals surface area contributed by atoms with Gasteiger partial charge in [0.1, 0.15) is 0 Å². The summed E-state index contributed by atoms with van der Waals surface area (Å²) in [5.41, 5.74) is 2.12. The molecule has 3 aromatic rings. The lowest BCUT2D eigenvalue weighted by atomic mass is 10.1. The second-order valence-electron chi connectivity index (χ2n) is 5.99. The van der Waals surface area contributed by atoms with Crippen molar-refractivity contribution in [3.8, 4) is 11.4 Å². The fourth-order valence-corrected chi connectivity index (χ4v) is 3.22. The van der Waals surface area contributed by atoms with Crippen LogP contribution in [-0.2, 0) is 11.8 Å². The Morgan fingerprint density at radius 2 is 1.89 bits per heavy atom. The van der Waals surface area contributed by atoms with Crippen molar-refractivity contribution in [2.24, 2.45) is 7.05 Å². The normalized spacial score (nSPS) is 11.8. The Kier molecular flexibility index (Phi) is 5.66. The van der Waals surface area contributed by atoms with Gasteiger partial charge < -0.3 is 9.88 Å². The highest BCUT2D eigenvalue weighted by atomic mass is 32.2. The first kappa shape index (κ1) is 18.8. The van der Waals surface area contributed by atoms with E-state index in [4.69, 9.17) is 0 Å². The molecule has 0 aliphatic heterocycles. The van der Waals surface area contributed by atoms with Crippen molar-refractivity contribution in [1.82, 2.24) is 19.7 Å². The Labute approximate surface area is 161 Å². The van der Waals surface area contributed by atoms with Crippen molar-refractivity contribution in [3.05, 3.63) is 54.4 Å². The highest BCUT2D eigenvalue weighted by molar-refractivity contribution is 8.00. The van der Waals surface area contributed by atoms with E-state index in [1.165, 1.54) is 18.7 Å². The SMILES string of the molecule is CC(=O)c1ccc(NC(=O)[C@@H](C)Sc2nnc(-c3cccnc3)n2C)cc1. The monoisotopic (exact) mass is 381 g/mol. The zero-order valence-electron chi connectivity index (χ0n) is 15.2. The number of thioether (sulfide) groups is 1. The summed E-state index contributed by atoms with van der Waals surface area (Å²) >= 11 is 1.32. The molecule has 1 amide bonds. The number of pyridine rings is 1. The second kappa shape index (κ2) is 8.13. The summed E-state index contributed by atoms with van der Waals surface area (Å²) in [6.45, 7) is 3.31. The van der Waals surface area contributed by atoms with Gasteiger partial charge in [-0.2, -0.15) is 0 Å². The van der Waals surface area contributed by atoms with E-state index >= 15 is 0 Å². The van der Waals surface area contributed by atoms with Crippen LogP contribution >= 0.6 is 11.8 Å². The van der Waals surface area contributed by atoms with E-state index in [9.17, 15) is 9.59 Å². The van der Waals surface area contributed by atoms with Crippen molar-refractivity contribution in [1.29, 1.82) is 0 Å². The molecule has 1 N–H and O–H groups in total. The summed E-state index contributed by atoms with van der Waals surface area (Å²) in [5, 5.41) is 11.5. The highest BCUT2D eigenvalue weighted by Gasteiger charge is 2.19. The van der Waals surface area contributed by atoms with Gasteiger partial charge in [-0.1, -0.05) is 11.8 Å². The largest absolute Gasteiger partial charge is 0.325 e. The van der Waals surface area contributed by atoms with Crippen LogP contribution < -0.4 is 5.32 Å². The fraction of sp³-hybridized carbons (Fsp3) is 0.211. The second-order valence-corrected chi connectivity index (χ2v) is 7.30. The number of carbonyl (C=O) groups is 2. The molecule has 0 saturated carbocycles. The van der Waals surface area contributed by atoms with E-state index in [0.29, 0.717) is 22.2 Å². The van der Waals surface area contributed by atoms with E-state index < -0.39 is 0 Å². The zero-order chi connectivity index (χ0) is 19.4. The van der Waals surface area contributed by atoms with Crippen molar-refractivity contribution in [3.63, 3.8) is 0 Å². The predicted octanol–water partition coefficient (Wildman–Crippen LogP) is 3.20. The third kappa shape index (κ3) is 4.40. The number of rotatable bonds is 6. The number of anilines is 1. The number of aromatic nitrogens is 4. The Morgan fingerprint density at radius 3 is 2.52 bits per heavy atom. The summed E-state index contributed by atoms with van der Waals surface area (Å²) in [7, 11) is 1.86. The Hall–Kier alpha value is -3.00. The molecule has 3 rings (SSSR count). The van der Waals surface area contributed by atoms with Crippen LogP contribution in [0, 0.1) is 0 Å². The van der Waals surface area contributed by atoms with E-state index in [1.807, 2.05) is 30.7 Å². The summed E-state index contributed by atoms with van der Waals surface area (Å²) in [6.07, 6.45) is 3.42. The topological polar surface area (TPSA) is 89.8 Å². The van der Waals surface area contributed by atoms with Crippen molar-refractivity contribution in [2.45, 2.75) is 24.3 Å². The van der Waals surface area contributed by atoms with Crippen LogP contribution in [0.15, 0.2) is 53.9 Å². The molecule has 8 heteroatoms. The molecule has 1 atom stereocenters. The number of nitrogens with zero attached hydrogens (tertiary/aromatic N) is 4. The molecule has 1 aromatic carbocycles. The molecule has 0 aliphatic carbocycles. The smallest absolute Gasteiger partial charge is 0.237 e. The summed E-state index contributed by atoms with van der Waals surface area (Å²) in [6, 6.07) is 10.6. The van der Waals surface area contributed by atoms with Gasteiger partial charge in [-0.05, 0) is 50.2 Å².